The van der Waals surface area contributed by atoms with Crippen molar-refractivity contribution in [2.75, 3.05) is 16.0 Å². The Morgan fingerprint density at radius 3 is 1.06 bits per heavy atom. The average Bonchev–Trinajstić information content (AvgIpc) is 2.29. The molecule has 4 heteroatoms. The average molecular weight is 419 g/mol. The summed E-state index contributed by atoms with van der Waals surface area (Å²) >= 11 is 10.5. The van der Waals surface area contributed by atoms with Gasteiger partial charge in [0.05, 0.1) is 0 Å². The van der Waals surface area contributed by atoms with Crippen LogP contribution in [0.25, 0.3) is 0 Å². The van der Waals surface area contributed by atoms with E-state index in [1.807, 2.05) is 0 Å². The quantitative estimate of drug-likeness (QED) is 0.207. The molecule has 0 amide bonds. The summed E-state index contributed by atoms with van der Waals surface area (Å²) in [5.74, 6) is 0. The minimum Gasteiger partial charge on any atom is -0.0928 e. The molecule has 0 heterocycles. The lowest BCUT2D eigenvalue weighted by atomic mass is 9.41. The summed E-state index contributed by atoms with van der Waals surface area (Å²) in [4.78, 5) is 0. The molecule has 0 nitrogen and oxygen atoms in total. The smallest absolute Gasteiger partial charge is 0.0928 e. The van der Waals surface area contributed by atoms with E-state index in [0.29, 0.717) is 0 Å². The van der Waals surface area contributed by atoms with Crippen molar-refractivity contribution in [2.45, 2.75) is 57.5 Å². The molecular weight excluding hydrogens is 395 g/mol. The second-order valence-corrected chi connectivity index (χ2v) is 6.80. The van der Waals surface area contributed by atoms with Crippen LogP contribution in [0.1, 0.15) is 38.5 Å². The van der Waals surface area contributed by atoms with Gasteiger partial charge in [-0.2, -0.15) is 0 Å². The molecule has 0 aromatic rings. The fourth-order valence-electron chi connectivity index (χ4n) is 2.02. The normalized spacial score (nSPS) is 10.7. The maximum atomic E-state index is 3.51. The first kappa shape index (κ1) is 17.5. The summed E-state index contributed by atoms with van der Waals surface area (Å²) < 4.78 is 0. The first-order valence-corrected chi connectivity index (χ1v) is 9.89. The van der Waals surface area contributed by atoms with Gasteiger partial charge in [-0.05, 0) is 19.3 Å². The van der Waals surface area contributed by atoms with Crippen LogP contribution < -0.4 is 0 Å². The SMILES string of the molecule is BrCCCCB(CCCCBr)CCCCBr. The molecule has 96 valence electrons. The van der Waals surface area contributed by atoms with E-state index in [9.17, 15) is 0 Å². The Morgan fingerprint density at radius 2 is 0.812 bits per heavy atom. The third-order valence-corrected chi connectivity index (χ3v) is 4.67. The number of hydrogen-bond acceptors (Lipinski definition) is 0. The summed E-state index contributed by atoms with van der Waals surface area (Å²) in [5, 5.41) is 3.51. The fraction of sp³-hybridized carbons (Fsp3) is 1.00. The monoisotopic (exact) mass is 416 g/mol. The van der Waals surface area contributed by atoms with Crippen molar-refractivity contribution in [3.05, 3.63) is 0 Å². The van der Waals surface area contributed by atoms with Gasteiger partial charge in [-0.3, -0.25) is 0 Å². The van der Waals surface area contributed by atoms with Gasteiger partial charge in [0.15, 0.2) is 0 Å². The van der Waals surface area contributed by atoms with E-state index >= 15 is 0 Å². The Bertz CT molecular complexity index is 110. The number of alkyl halides is 3. The highest BCUT2D eigenvalue weighted by atomic mass is 79.9. The minimum absolute atomic E-state index is 0.983. The maximum absolute atomic E-state index is 3.51. The van der Waals surface area contributed by atoms with Crippen LogP contribution in [0.5, 0.6) is 0 Å². The molecule has 0 aliphatic rings. The Labute approximate surface area is 127 Å². The molecule has 0 aliphatic heterocycles. The van der Waals surface area contributed by atoms with Crippen molar-refractivity contribution in [2.24, 2.45) is 0 Å². The number of halogens is 3. The van der Waals surface area contributed by atoms with Gasteiger partial charge in [0.25, 0.3) is 0 Å². The molecule has 0 saturated carbocycles. The Balaban J connectivity index is 3.58. The van der Waals surface area contributed by atoms with E-state index in [0.717, 1.165) is 6.71 Å². The molecule has 0 saturated heterocycles. The molecule has 0 fully saturated rings. The first-order chi connectivity index (χ1) is 7.85. The van der Waals surface area contributed by atoms with E-state index in [1.54, 1.807) is 0 Å². The minimum atomic E-state index is 0.983. The van der Waals surface area contributed by atoms with Crippen LogP contribution in [0.15, 0.2) is 0 Å². The van der Waals surface area contributed by atoms with Crippen molar-refractivity contribution >= 4 is 54.5 Å². The van der Waals surface area contributed by atoms with Gasteiger partial charge >= 0.3 is 0 Å². The Kier molecular flexibility index (Phi) is 15.9. The van der Waals surface area contributed by atoms with Crippen LogP contribution in [-0.4, -0.2) is 22.7 Å². The lowest BCUT2D eigenvalue weighted by Crippen LogP contribution is -2.12. The van der Waals surface area contributed by atoms with Crippen LogP contribution in [0.3, 0.4) is 0 Å². The first-order valence-electron chi connectivity index (χ1n) is 6.53. The van der Waals surface area contributed by atoms with E-state index in [1.165, 1.54) is 73.5 Å². The summed E-state index contributed by atoms with van der Waals surface area (Å²) in [5.41, 5.74) is 0. The van der Waals surface area contributed by atoms with Crippen molar-refractivity contribution in [1.29, 1.82) is 0 Å². The predicted molar refractivity (Wildman–Crippen MR) is 89.3 cm³/mol. The van der Waals surface area contributed by atoms with Crippen LogP contribution in [0.2, 0.25) is 19.0 Å². The third-order valence-electron chi connectivity index (χ3n) is 2.99. The molecule has 0 bridgehead atoms. The standard InChI is InChI=1S/C12H24BBr3/c14-10-4-1-7-13(8-2-5-11-15)9-3-6-12-16/h1-12H2. The summed E-state index contributed by atoms with van der Waals surface area (Å²) in [6.45, 7) is 0.983. The molecule has 0 rings (SSSR count). The zero-order valence-corrected chi connectivity index (χ0v) is 15.0. The van der Waals surface area contributed by atoms with Gasteiger partial charge in [-0.15, -0.1) is 0 Å². The van der Waals surface area contributed by atoms with Crippen molar-refractivity contribution in [1.82, 2.24) is 0 Å². The van der Waals surface area contributed by atoms with Crippen LogP contribution in [0, 0.1) is 0 Å². The number of rotatable bonds is 12. The maximum Gasteiger partial charge on any atom is 0.139 e. The van der Waals surface area contributed by atoms with Crippen molar-refractivity contribution in [3.8, 4) is 0 Å². The third kappa shape index (κ3) is 12.0. The molecule has 0 aromatic carbocycles. The van der Waals surface area contributed by atoms with Gasteiger partial charge in [0.2, 0.25) is 0 Å². The van der Waals surface area contributed by atoms with Gasteiger partial charge in [-0.1, -0.05) is 86.0 Å². The lowest BCUT2D eigenvalue weighted by molar-refractivity contribution is 0.824. The lowest BCUT2D eigenvalue weighted by Gasteiger charge is -2.12. The molecule has 0 atom stereocenters. The number of hydrogen-bond donors (Lipinski definition) is 0. The molecule has 0 aliphatic carbocycles. The van der Waals surface area contributed by atoms with Gasteiger partial charge in [-0.25, -0.2) is 0 Å². The van der Waals surface area contributed by atoms with Gasteiger partial charge < -0.3 is 0 Å². The van der Waals surface area contributed by atoms with Gasteiger partial charge in [0, 0.05) is 16.0 Å². The highest BCUT2D eigenvalue weighted by molar-refractivity contribution is 9.09. The molecule has 0 unspecified atom stereocenters. The van der Waals surface area contributed by atoms with Crippen LogP contribution in [-0.2, 0) is 0 Å². The van der Waals surface area contributed by atoms with Crippen LogP contribution >= 0.6 is 47.8 Å². The topological polar surface area (TPSA) is 0 Å². The zero-order valence-electron chi connectivity index (χ0n) is 10.2. The summed E-state index contributed by atoms with van der Waals surface area (Å²) in [6.07, 6.45) is 12.5. The van der Waals surface area contributed by atoms with E-state index in [-0.39, 0.29) is 0 Å². The fourth-order valence-corrected chi connectivity index (χ4v) is 3.21. The van der Waals surface area contributed by atoms with E-state index < -0.39 is 0 Å². The van der Waals surface area contributed by atoms with E-state index in [4.69, 9.17) is 0 Å². The Morgan fingerprint density at radius 1 is 0.500 bits per heavy atom. The molecule has 0 N–H and O–H groups in total. The summed E-state index contributed by atoms with van der Waals surface area (Å²) in [7, 11) is 0. The molecule has 0 aromatic heterocycles. The van der Waals surface area contributed by atoms with Crippen LogP contribution in [0.4, 0.5) is 0 Å². The number of unbranched alkanes of at least 4 members (excludes halogenated alkanes) is 3. The Hall–Kier alpha value is 1.50. The summed E-state index contributed by atoms with van der Waals surface area (Å²) in [6, 6.07) is 0. The molecule has 0 spiro atoms. The highest BCUT2D eigenvalue weighted by Gasteiger charge is 2.12. The largest absolute Gasteiger partial charge is 0.139 e. The van der Waals surface area contributed by atoms with Gasteiger partial charge in [0.1, 0.15) is 6.71 Å². The van der Waals surface area contributed by atoms with Crippen molar-refractivity contribution in [3.63, 3.8) is 0 Å². The second-order valence-electron chi connectivity index (χ2n) is 4.42. The molecule has 16 heavy (non-hydrogen) atoms. The molecular formula is C12H24BBr3. The zero-order chi connectivity index (χ0) is 12.1. The molecule has 0 radical (unpaired) electrons. The van der Waals surface area contributed by atoms with Crippen molar-refractivity contribution < 1.29 is 0 Å². The predicted octanol–water partition coefficient (Wildman–Crippen LogP) is 6.01. The van der Waals surface area contributed by atoms with E-state index in [2.05, 4.69) is 47.8 Å². The highest BCUT2D eigenvalue weighted by Crippen LogP contribution is 2.17. The second kappa shape index (κ2) is 14.6.